The van der Waals surface area contributed by atoms with Gasteiger partial charge in [-0.3, -0.25) is 4.79 Å². The molecule has 1 aromatic carbocycles. The second-order valence-corrected chi connectivity index (χ2v) is 3.65. The number of aryl methyl sites for hydroxylation is 1. The molecule has 0 saturated heterocycles. The summed E-state index contributed by atoms with van der Waals surface area (Å²) in [5.74, 6) is -0.491. The molecule has 0 saturated carbocycles. The maximum absolute atomic E-state index is 11.9. The number of carbonyl (C=O) groups excluding carboxylic acids is 1. The van der Waals surface area contributed by atoms with Crippen LogP contribution >= 0.6 is 0 Å². The van der Waals surface area contributed by atoms with Crippen LogP contribution in [-0.2, 0) is 11.3 Å². The molecular formula is C13H13NO3. The van der Waals surface area contributed by atoms with E-state index in [2.05, 4.69) is 4.74 Å². The van der Waals surface area contributed by atoms with Crippen LogP contribution in [0.15, 0.2) is 35.1 Å². The van der Waals surface area contributed by atoms with Crippen LogP contribution in [0.5, 0.6) is 0 Å². The third kappa shape index (κ3) is 1.82. The molecule has 0 aliphatic carbocycles. The van der Waals surface area contributed by atoms with Gasteiger partial charge < -0.3 is 9.30 Å². The van der Waals surface area contributed by atoms with E-state index >= 15 is 0 Å². The predicted octanol–water partition coefficient (Wildman–Crippen LogP) is 1.81. The van der Waals surface area contributed by atoms with Crippen molar-refractivity contribution >= 4 is 16.9 Å². The van der Waals surface area contributed by atoms with Crippen molar-refractivity contribution in [3.8, 4) is 0 Å². The van der Waals surface area contributed by atoms with Crippen LogP contribution in [0.2, 0.25) is 0 Å². The first-order valence-electron chi connectivity index (χ1n) is 5.40. The van der Waals surface area contributed by atoms with Gasteiger partial charge in [0.1, 0.15) is 5.69 Å². The number of esters is 1. The Labute approximate surface area is 98.4 Å². The van der Waals surface area contributed by atoms with E-state index in [0.29, 0.717) is 17.6 Å². The molecular weight excluding hydrogens is 218 g/mol. The highest BCUT2D eigenvalue weighted by molar-refractivity contribution is 5.91. The molecule has 1 aromatic heterocycles. The lowest BCUT2D eigenvalue weighted by Gasteiger charge is -2.13. The summed E-state index contributed by atoms with van der Waals surface area (Å²) >= 11 is 0. The summed E-state index contributed by atoms with van der Waals surface area (Å²) in [6, 6.07) is 8.56. The van der Waals surface area contributed by atoms with E-state index in [4.69, 9.17) is 0 Å². The van der Waals surface area contributed by atoms with E-state index in [1.165, 1.54) is 13.2 Å². The SMILES string of the molecule is CCn1c(C(=O)OC)cc(=O)c2ccccc21. The molecule has 0 aliphatic rings. The van der Waals surface area contributed by atoms with Crippen LogP contribution in [0, 0.1) is 0 Å². The number of pyridine rings is 1. The molecule has 0 unspecified atom stereocenters. The number of rotatable bonds is 2. The summed E-state index contributed by atoms with van der Waals surface area (Å²) < 4.78 is 6.46. The fourth-order valence-electron chi connectivity index (χ4n) is 1.94. The van der Waals surface area contributed by atoms with Gasteiger partial charge in [0.2, 0.25) is 0 Å². The Morgan fingerprint density at radius 3 is 2.71 bits per heavy atom. The number of hydrogen-bond acceptors (Lipinski definition) is 3. The van der Waals surface area contributed by atoms with Crippen molar-refractivity contribution in [2.75, 3.05) is 7.11 Å². The van der Waals surface area contributed by atoms with Crippen LogP contribution in [-0.4, -0.2) is 17.6 Å². The molecule has 0 fully saturated rings. The van der Waals surface area contributed by atoms with Crippen molar-refractivity contribution in [2.45, 2.75) is 13.5 Å². The highest BCUT2D eigenvalue weighted by atomic mass is 16.5. The first kappa shape index (κ1) is 11.4. The fourth-order valence-corrected chi connectivity index (χ4v) is 1.94. The number of nitrogens with zero attached hydrogens (tertiary/aromatic N) is 1. The lowest BCUT2D eigenvalue weighted by Crippen LogP contribution is -2.18. The summed E-state index contributed by atoms with van der Waals surface area (Å²) in [4.78, 5) is 23.5. The van der Waals surface area contributed by atoms with E-state index in [1.807, 2.05) is 25.1 Å². The molecule has 2 aromatic rings. The average Bonchev–Trinajstić information content (AvgIpc) is 2.38. The van der Waals surface area contributed by atoms with Crippen molar-refractivity contribution < 1.29 is 9.53 Å². The predicted molar refractivity (Wildman–Crippen MR) is 65.2 cm³/mol. The maximum atomic E-state index is 11.9. The molecule has 0 amide bonds. The molecule has 0 aliphatic heterocycles. The average molecular weight is 231 g/mol. The van der Waals surface area contributed by atoms with E-state index < -0.39 is 5.97 Å². The normalized spacial score (nSPS) is 10.5. The van der Waals surface area contributed by atoms with E-state index in [-0.39, 0.29) is 5.43 Å². The largest absolute Gasteiger partial charge is 0.464 e. The van der Waals surface area contributed by atoms with Gasteiger partial charge in [-0.05, 0) is 19.1 Å². The molecule has 0 N–H and O–H groups in total. The molecule has 2 rings (SSSR count). The maximum Gasteiger partial charge on any atom is 0.354 e. The van der Waals surface area contributed by atoms with Gasteiger partial charge in [-0.25, -0.2) is 4.79 Å². The number of aromatic nitrogens is 1. The zero-order valence-electron chi connectivity index (χ0n) is 9.77. The summed E-state index contributed by atoms with van der Waals surface area (Å²) in [6.45, 7) is 2.52. The Hall–Kier alpha value is -2.10. The zero-order valence-corrected chi connectivity index (χ0v) is 9.77. The highest BCUT2D eigenvalue weighted by Crippen LogP contribution is 2.13. The van der Waals surface area contributed by atoms with Gasteiger partial charge in [0.05, 0.1) is 12.6 Å². The third-order valence-corrected chi connectivity index (χ3v) is 2.73. The lowest BCUT2D eigenvalue weighted by molar-refractivity contribution is 0.0588. The number of fused-ring (bicyclic) bond motifs is 1. The van der Waals surface area contributed by atoms with Gasteiger partial charge in [-0.2, -0.15) is 0 Å². The fraction of sp³-hybridized carbons (Fsp3) is 0.231. The number of methoxy groups -OCH3 is 1. The minimum Gasteiger partial charge on any atom is -0.464 e. The molecule has 1 heterocycles. The van der Waals surface area contributed by atoms with Crippen molar-refractivity contribution in [2.24, 2.45) is 0 Å². The molecule has 4 heteroatoms. The summed E-state index contributed by atoms with van der Waals surface area (Å²) in [6.07, 6.45) is 0. The zero-order chi connectivity index (χ0) is 12.4. The Morgan fingerprint density at radius 1 is 1.35 bits per heavy atom. The smallest absolute Gasteiger partial charge is 0.354 e. The van der Waals surface area contributed by atoms with Gasteiger partial charge >= 0.3 is 5.97 Å². The van der Waals surface area contributed by atoms with Crippen LogP contribution in [0.25, 0.3) is 10.9 Å². The summed E-state index contributed by atoms with van der Waals surface area (Å²) in [5.41, 5.74) is 0.882. The second kappa shape index (κ2) is 4.41. The second-order valence-electron chi connectivity index (χ2n) is 3.65. The highest BCUT2D eigenvalue weighted by Gasteiger charge is 2.14. The van der Waals surface area contributed by atoms with Gasteiger partial charge in [0.15, 0.2) is 5.43 Å². The van der Waals surface area contributed by atoms with Crippen molar-refractivity contribution in [1.82, 2.24) is 4.57 Å². The monoisotopic (exact) mass is 231 g/mol. The Kier molecular flexibility index (Phi) is 2.95. The van der Waals surface area contributed by atoms with Gasteiger partial charge in [0.25, 0.3) is 0 Å². The number of hydrogen-bond donors (Lipinski definition) is 0. The standard InChI is InChI=1S/C13H13NO3/c1-3-14-10-7-5-4-6-9(10)12(15)8-11(14)13(16)17-2/h4-8H,3H2,1-2H3. The van der Waals surface area contributed by atoms with E-state index in [9.17, 15) is 9.59 Å². The van der Waals surface area contributed by atoms with E-state index in [1.54, 1.807) is 10.6 Å². The molecule has 88 valence electrons. The number of ether oxygens (including phenoxy) is 1. The summed E-state index contributed by atoms with van der Waals surface area (Å²) in [5, 5.41) is 0.613. The van der Waals surface area contributed by atoms with E-state index in [0.717, 1.165) is 5.52 Å². The van der Waals surface area contributed by atoms with Crippen LogP contribution in [0.1, 0.15) is 17.4 Å². The number of para-hydroxylation sites is 1. The molecule has 0 radical (unpaired) electrons. The molecule has 0 atom stereocenters. The quantitative estimate of drug-likeness (QED) is 0.740. The number of benzene rings is 1. The minimum atomic E-state index is -0.491. The number of carbonyl (C=O) groups is 1. The first-order valence-corrected chi connectivity index (χ1v) is 5.40. The Bertz CT molecular complexity index is 628. The van der Waals surface area contributed by atoms with Crippen LogP contribution in [0.4, 0.5) is 0 Å². The van der Waals surface area contributed by atoms with Gasteiger partial charge in [-0.15, -0.1) is 0 Å². The third-order valence-electron chi connectivity index (χ3n) is 2.73. The lowest BCUT2D eigenvalue weighted by atomic mass is 10.1. The van der Waals surface area contributed by atoms with Gasteiger partial charge in [-0.1, -0.05) is 12.1 Å². The van der Waals surface area contributed by atoms with Crippen molar-refractivity contribution in [3.05, 3.63) is 46.2 Å². The molecule has 17 heavy (non-hydrogen) atoms. The molecule has 0 spiro atoms. The molecule has 0 bridgehead atoms. The topological polar surface area (TPSA) is 48.3 Å². The van der Waals surface area contributed by atoms with Crippen LogP contribution in [0.3, 0.4) is 0 Å². The molecule has 4 nitrogen and oxygen atoms in total. The summed E-state index contributed by atoms with van der Waals surface area (Å²) in [7, 11) is 1.31. The first-order chi connectivity index (χ1) is 8.19. The van der Waals surface area contributed by atoms with Crippen LogP contribution < -0.4 is 5.43 Å². The van der Waals surface area contributed by atoms with Crippen molar-refractivity contribution in [3.63, 3.8) is 0 Å². The van der Waals surface area contributed by atoms with Gasteiger partial charge in [0, 0.05) is 18.0 Å². The Balaban J connectivity index is 2.87. The van der Waals surface area contributed by atoms with Crippen molar-refractivity contribution in [1.29, 1.82) is 0 Å². The minimum absolute atomic E-state index is 0.161. The Morgan fingerprint density at radius 2 is 2.06 bits per heavy atom.